The fourth-order valence-electron chi connectivity index (χ4n) is 0.967. The number of aromatic nitrogens is 1. The molecule has 0 atom stereocenters. The van der Waals surface area contributed by atoms with Gasteiger partial charge in [-0.1, -0.05) is 11.6 Å². The average molecular weight is 218 g/mol. The van der Waals surface area contributed by atoms with Gasteiger partial charge < -0.3 is 4.74 Å². The van der Waals surface area contributed by atoms with Crippen LogP contribution in [0.4, 0.5) is 4.39 Å². The van der Waals surface area contributed by atoms with E-state index < -0.39 is 11.8 Å². The number of carbonyl (C=O) groups excluding carboxylic acids is 1. The van der Waals surface area contributed by atoms with Crippen molar-refractivity contribution in [3.8, 4) is 0 Å². The van der Waals surface area contributed by atoms with Gasteiger partial charge >= 0.3 is 5.97 Å². The lowest BCUT2D eigenvalue weighted by Crippen LogP contribution is -2.09. The van der Waals surface area contributed by atoms with E-state index in [1.165, 1.54) is 0 Å². The van der Waals surface area contributed by atoms with E-state index >= 15 is 0 Å². The van der Waals surface area contributed by atoms with Gasteiger partial charge in [0.1, 0.15) is 11.0 Å². The molecule has 1 heterocycles. The van der Waals surface area contributed by atoms with Crippen molar-refractivity contribution in [3.63, 3.8) is 0 Å². The highest BCUT2D eigenvalue weighted by Gasteiger charge is 2.07. The van der Waals surface area contributed by atoms with Crippen LogP contribution in [0.15, 0.2) is 12.1 Å². The first-order valence-corrected chi connectivity index (χ1v) is 4.47. The van der Waals surface area contributed by atoms with E-state index in [1.807, 2.05) is 0 Å². The fraction of sp³-hybridized carbons (Fsp3) is 0.333. The minimum atomic E-state index is -0.510. The molecule has 3 nitrogen and oxygen atoms in total. The van der Waals surface area contributed by atoms with Crippen LogP contribution in [-0.2, 0) is 16.0 Å². The summed E-state index contributed by atoms with van der Waals surface area (Å²) in [5, 5.41) is 0.0318. The molecule has 0 amide bonds. The summed E-state index contributed by atoms with van der Waals surface area (Å²) in [6.45, 7) is 1.99. The van der Waals surface area contributed by atoms with Crippen molar-refractivity contribution >= 4 is 17.6 Å². The molecule has 0 N–H and O–H groups in total. The second kappa shape index (κ2) is 4.91. The van der Waals surface area contributed by atoms with E-state index in [4.69, 9.17) is 11.6 Å². The van der Waals surface area contributed by atoms with Gasteiger partial charge in [-0.3, -0.25) is 4.79 Å². The van der Waals surface area contributed by atoms with E-state index in [9.17, 15) is 9.18 Å². The molecule has 1 aromatic rings. The maximum atomic E-state index is 12.8. The molecule has 0 radical (unpaired) electrons. The Morgan fingerprint density at radius 2 is 2.36 bits per heavy atom. The molecule has 0 aliphatic heterocycles. The summed E-state index contributed by atoms with van der Waals surface area (Å²) < 4.78 is 17.5. The topological polar surface area (TPSA) is 39.2 Å². The predicted molar refractivity (Wildman–Crippen MR) is 49.5 cm³/mol. The summed E-state index contributed by atoms with van der Waals surface area (Å²) in [7, 11) is 0. The first-order chi connectivity index (χ1) is 6.61. The molecule has 0 bridgehead atoms. The average Bonchev–Trinajstić information content (AvgIpc) is 2.01. The number of carbonyl (C=O) groups is 1. The minimum absolute atomic E-state index is 0.0318. The number of esters is 1. The number of nitrogens with zero attached hydrogens (tertiary/aromatic N) is 1. The Bertz CT molecular complexity index is 323. The Morgan fingerprint density at radius 3 is 2.93 bits per heavy atom. The SMILES string of the molecule is CCOC(=O)Cc1cc(F)cc(Cl)n1. The van der Waals surface area contributed by atoms with Crippen LogP contribution < -0.4 is 0 Å². The van der Waals surface area contributed by atoms with Crippen LogP contribution in [0.2, 0.25) is 5.15 Å². The quantitative estimate of drug-likeness (QED) is 0.574. The normalized spacial score (nSPS) is 9.93. The van der Waals surface area contributed by atoms with E-state index in [0.29, 0.717) is 6.61 Å². The van der Waals surface area contributed by atoms with Gasteiger partial charge in [0.05, 0.1) is 18.7 Å². The number of pyridine rings is 1. The first kappa shape index (κ1) is 10.9. The first-order valence-electron chi connectivity index (χ1n) is 4.09. The van der Waals surface area contributed by atoms with Crippen LogP contribution in [-0.4, -0.2) is 17.6 Å². The number of hydrogen-bond acceptors (Lipinski definition) is 3. The molecular weight excluding hydrogens is 209 g/mol. The number of rotatable bonds is 3. The van der Waals surface area contributed by atoms with E-state index in [1.54, 1.807) is 6.92 Å². The zero-order valence-electron chi connectivity index (χ0n) is 7.59. The lowest BCUT2D eigenvalue weighted by molar-refractivity contribution is -0.142. The van der Waals surface area contributed by atoms with E-state index in [-0.39, 0.29) is 17.3 Å². The zero-order chi connectivity index (χ0) is 10.6. The third-order valence-electron chi connectivity index (χ3n) is 1.44. The molecule has 0 aliphatic carbocycles. The molecule has 0 saturated heterocycles. The smallest absolute Gasteiger partial charge is 0.311 e. The molecule has 14 heavy (non-hydrogen) atoms. The standard InChI is InChI=1S/C9H9ClFNO2/c1-2-14-9(13)5-7-3-6(11)4-8(10)12-7/h3-4H,2,5H2,1H3. The van der Waals surface area contributed by atoms with Crippen molar-refractivity contribution in [1.29, 1.82) is 0 Å². The fourth-order valence-corrected chi connectivity index (χ4v) is 1.18. The van der Waals surface area contributed by atoms with Gasteiger partial charge in [0, 0.05) is 6.07 Å². The van der Waals surface area contributed by atoms with Crippen LogP contribution in [0, 0.1) is 5.82 Å². The van der Waals surface area contributed by atoms with Gasteiger partial charge in [0.25, 0.3) is 0 Å². The Morgan fingerprint density at radius 1 is 1.64 bits per heavy atom. The third kappa shape index (κ3) is 3.30. The Hall–Kier alpha value is -1.16. The van der Waals surface area contributed by atoms with Crippen molar-refractivity contribution in [2.24, 2.45) is 0 Å². The maximum Gasteiger partial charge on any atom is 0.311 e. The van der Waals surface area contributed by atoms with Crippen LogP contribution in [0.3, 0.4) is 0 Å². The van der Waals surface area contributed by atoms with Crippen LogP contribution in [0.5, 0.6) is 0 Å². The number of halogens is 2. The van der Waals surface area contributed by atoms with Crippen molar-refractivity contribution < 1.29 is 13.9 Å². The molecule has 1 rings (SSSR count). The summed E-state index contributed by atoms with van der Waals surface area (Å²) in [6, 6.07) is 2.24. The Kier molecular flexibility index (Phi) is 3.83. The van der Waals surface area contributed by atoms with Crippen molar-refractivity contribution in [2.45, 2.75) is 13.3 Å². The number of hydrogen-bond donors (Lipinski definition) is 0. The van der Waals surface area contributed by atoms with Gasteiger partial charge in [-0.05, 0) is 13.0 Å². The van der Waals surface area contributed by atoms with Crippen molar-refractivity contribution in [3.05, 3.63) is 28.8 Å². The third-order valence-corrected chi connectivity index (χ3v) is 1.64. The minimum Gasteiger partial charge on any atom is -0.466 e. The number of ether oxygens (including phenoxy) is 1. The summed E-state index contributed by atoms with van der Waals surface area (Å²) in [5.74, 6) is -0.953. The Balaban J connectivity index is 2.71. The molecular formula is C9H9ClFNO2. The predicted octanol–water partition coefficient (Wildman–Crippen LogP) is 1.98. The van der Waals surface area contributed by atoms with Gasteiger partial charge in [-0.25, -0.2) is 9.37 Å². The van der Waals surface area contributed by atoms with E-state index in [0.717, 1.165) is 12.1 Å². The monoisotopic (exact) mass is 217 g/mol. The molecule has 1 aromatic heterocycles. The Labute approximate surface area is 85.9 Å². The summed E-state index contributed by atoms with van der Waals surface area (Å²) in [5.41, 5.74) is 0.272. The largest absolute Gasteiger partial charge is 0.466 e. The summed E-state index contributed by atoms with van der Waals surface area (Å²) >= 11 is 5.51. The molecule has 0 spiro atoms. The van der Waals surface area contributed by atoms with Crippen LogP contribution in [0.25, 0.3) is 0 Å². The molecule has 5 heteroatoms. The molecule has 76 valence electrons. The molecule has 0 unspecified atom stereocenters. The van der Waals surface area contributed by atoms with Gasteiger partial charge in [-0.2, -0.15) is 0 Å². The van der Waals surface area contributed by atoms with Crippen LogP contribution in [0.1, 0.15) is 12.6 Å². The second-order valence-electron chi connectivity index (χ2n) is 2.58. The van der Waals surface area contributed by atoms with Gasteiger partial charge in [0.15, 0.2) is 0 Å². The van der Waals surface area contributed by atoms with Gasteiger partial charge in [0.2, 0.25) is 0 Å². The van der Waals surface area contributed by atoms with Crippen LogP contribution >= 0.6 is 11.6 Å². The highest BCUT2D eigenvalue weighted by molar-refractivity contribution is 6.29. The van der Waals surface area contributed by atoms with Crippen molar-refractivity contribution in [2.75, 3.05) is 6.61 Å². The molecule has 0 fully saturated rings. The maximum absolute atomic E-state index is 12.8. The molecule has 0 saturated carbocycles. The molecule has 0 aliphatic rings. The zero-order valence-corrected chi connectivity index (χ0v) is 8.34. The summed E-state index contributed by atoms with van der Waals surface area (Å²) in [6.07, 6.45) is -0.0642. The van der Waals surface area contributed by atoms with E-state index in [2.05, 4.69) is 9.72 Å². The van der Waals surface area contributed by atoms with Crippen molar-refractivity contribution in [1.82, 2.24) is 4.98 Å². The lowest BCUT2D eigenvalue weighted by atomic mass is 10.3. The highest BCUT2D eigenvalue weighted by Crippen LogP contribution is 2.10. The molecule has 0 aromatic carbocycles. The summed E-state index contributed by atoms with van der Waals surface area (Å²) in [4.78, 5) is 14.8. The highest BCUT2D eigenvalue weighted by atomic mass is 35.5. The lowest BCUT2D eigenvalue weighted by Gasteiger charge is -2.01. The second-order valence-corrected chi connectivity index (χ2v) is 2.97. The van der Waals surface area contributed by atoms with Gasteiger partial charge in [-0.15, -0.1) is 0 Å².